The summed E-state index contributed by atoms with van der Waals surface area (Å²) in [5.74, 6) is -1.00. The first-order chi connectivity index (χ1) is 17.8. The zero-order chi connectivity index (χ0) is 28.5. The van der Waals surface area contributed by atoms with Crippen LogP contribution >= 0.6 is 23.1 Å². The number of aromatic nitrogens is 1. The van der Waals surface area contributed by atoms with Crippen molar-refractivity contribution in [1.29, 1.82) is 0 Å². The molecule has 3 atom stereocenters. The maximum Gasteiger partial charge on any atom is 0.271 e. The molecule has 38 heavy (non-hydrogen) atoms. The Morgan fingerprint density at radius 1 is 1.34 bits per heavy atom. The van der Waals surface area contributed by atoms with E-state index in [9.17, 15) is 24.3 Å². The van der Waals surface area contributed by atoms with E-state index in [2.05, 4.69) is 20.9 Å². The van der Waals surface area contributed by atoms with Crippen LogP contribution in [0, 0.1) is 5.92 Å². The van der Waals surface area contributed by atoms with Gasteiger partial charge in [-0.05, 0) is 40.3 Å². The van der Waals surface area contributed by atoms with Crippen LogP contribution in [0.3, 0.4) is 0 Å². The Morgan fingerprint density at radius 3 is 2.71 bits per heavy atom. The van der Waals surface area contributed by atoms with Gasteiger partial charge in [0.05, 0.1) is 31.7 Å². The van der Waals surface area contributed by atoms with Crippen molar-refractivity contribution in [3.8, 4) is 0 Å². The molecular weight excluding hydrogens is 530 g/mol. The second-order valence-corrected chi connectivity index (χ2v) is 12.3. The first kappa shape index (κ1) is 31.9. The lowest BCUT2D eigenvalue weighted by Gasteiger charge is -2.33. The number of thioether (sulfide) groups is 1. The van der Waals surface area contributed by atoms with Gasteiger partial charge in [-0.1, -0.05) is 37.8 Å². The van der Waals surface area contributed by atoms with Crippen LogP contribution < -0.4 is 16.0 Å². The number of ether oxygens (including phenoxy) is 1. The fourth-order valence-electron chi connectivity index (χ4n) is 3.45. The lowest BCUT2D eigenvalue weighted by atomic mass is 9.99. The molecule has 1 aliphatic heterocycles. The van der Waals surface area contributed by atoms with Crippen LogP contribution in [0.25, 0.3) is 0 Å². The molecule has 0 radical (unpaired) electrons. The van der Waals surface area contributed by atoms with E-state index in [1.165, 1.54) is 23.1 Å². The molecule has 2 rings (SSSR count). The zero-order valence-corrected chi connectivity index (χ0v) is 24.4. The highest BCUT2D eigenvalue weighted by molar-refractivity contribution is 8.13. The number of allylic oxidation sites excluding steroid dienone is 1. The molecule has 0 spiro atoms. The van der Waals surface area contributed by atoms with Crippen molar-refractivity contribution in [2.45, 2.75) is 71.1 Å². The van der Waals surface area contributed by atoms with Crippen LogP contribution in [0.1, 0.15) is 56.0 Å². The van der Waals surface area contributed by atoms with Crippen molar-refractivity contribution < 1.29 is 29.0 Å². The van der Waals surface area contributed by atoms with Gasteiger partial charge in [0.25, 0.3) is 5.91 Å². The Balaban J connectivity index is 2.21. The number of likely N-dealkylation sites (N-methyl/N-ethyl adjacent to an activating group) is 1. The molecule has 0 aliphatic carbocycles. The molecule has 1 aromatic heterocycles. The summed E-state index contributed by atoms with van der Waals surface area (Å²) in [6.45, 7) is 7.24. The quantitative estimate of drug-likeness (QED) is 0.281. The summed E-state index contributed by atoms with van der Waals surface area (Å²) in [6, 6.07) is -0.810. The van der Waals surface area contributed by atoms with E-state index in [0.29, 0.717) is 23.7 Å². The number of hydrogen-bond acceptors (Lipinski definition) is 10. The largest absolute Gasteiger partial charge is 0.366 e. The molecule has 0 saturated carbocycles. The molecule has 1 unspecified atom stereocenters. The smallest absolute Gasteiger partial charge is 0.271 e. The monoisotopic (exact) mass is 569 g/mol. The van der Waals surface area contributed by atoms with E-state index in [1.54, 1.807) is 25.3 Å². The predicted molar refractivity (Wildman–Crippen MR) is 148 cm³/mol. The topological polar surface area (TPSA) is 150 Å². The van der Waals surface area contributed by atoms with Crippen LogP contribution in [0.15, 0.2) is 17.5 Å². The van der Waals surface area contributed by atoms with E-state index in [1.807, 2.05) is 38.9 Å². The van der Waals surface area contributed by atoms with Crippen LogP contribution in [-0.4, -0.2) is 88.2 Å². The number of hydrogen-bond donors (Lipinski definition) is 4. The van der Waals surface area contributed by atoms with Crippen LogP contribution in [-0.2, 0) is 25.7 Å². The Bertz CT molecular complexity index is 1010. The molecular formula is C25H39N5O6S2. The van der Waals surface area contributed by atoms with Crippen molar-refractivity contribution in [3.63, 3.8) is 0 Å². The molecule has 4 N–H and O–H groups in total. The van der Waals surface area contributed by atoms with Gasteiger partial charge in [-0.25, -0.2) is 4.98 Å². The van der Waals surface area contributed by atoms with Gasteiger partial charge in [0.15, 0.2) is 6.29 Å². The SMILES string of the molecule is CC(C)[C@@H]1NC(=O)C(C)(C)NC(=O)c2csc(n2)CNC(=O)C[C@@H](/C=C/CCSC(=O)CN(C)C)OC1O. The number of aliphatic hydroxyl groups excluding tert-OH is 1. The predicted octanol–water partition coefficient (Wildman–Crippen LogP) is 1.28. The molecule has 3 amide bonds. The third-order valence-corrected chi connectivity index (χ3v) is 7.32. The van der Waals surface area contributed by atoms with Crippen LogP contribution in [0.2, 0.25) is 0 Å². The molecule has 13 heteroatoms. The van der Waals surface area contributed by atoms with E-state index >= 15 is 0 Å². The third-order valence-electron chi connectivity index (χ3n) is 5.58. The molecule has 0 fully saturated rings. The Labute approximate surface area is 232 Å². The van der Waals surface area contributed by atoms with Crippen molar-refractivity contribution in [1.82, 2.24) is 25.8 Å². The second-order valence-electron chi connectivity index (χ2n) is 10.2. The minimum absolute atomic E-state index is 0.0686. The summed E-state index contributed by atoms with van der Waals surface area (Å²) in [5, 5.41) is 21.3. The number of nitrogens with one attached hydrogen (secondary N) is 3. The number of fused-ring (bicyclic) bond motifs is 2. The number of thiazole rings is 1. The molecule has 0 aromatic carbocycles. The number of nitrogens with zero attached hydrogens (tertiary/aromatic N) is 2. The average Bonchev–Trinajstić information content (AvgIpc) is 3.28. The molecule has 0 saturated heterocycles. The van der Waals surface area contributed by atoms with Crippen molar-refractivity contribution in [3.05, 3.63) is 28.2 Å². The van der Waals surface area contributed by atoms with Crippen molar-refractivity contribution >= 4 is 45.9 Å². The summed E-state index contributed by atoms with van der Waals surface area (Å²) in [5.41, 5.74) is -1.14. The first-order valence-corrected chi connectivity index (χ1v) is 14.3. The summed E-state index contributed by atoms with van der Waals surface area (Å²) < 4.78 is 5.85. The normalized spacial score (nSPS) is 23.4. The number of carbonyl (C=O) groups is 4. The first-order valence-electron chi connectivity index (χ1n) is 12.4. The van der Waals surface area contributed by atoms with Crippen LogP contribution in [0.5, 0.6) is 0 Å². The van der Waals surface area contributed by atoms with Crippen molar-refractivity contribution in [2.75, 3.05) is 26.4 Å². The highest BCUT2D eigenvalue weighted by atomic mass is 32.2. The van der Waals surface area contributed by atoms with Gasteiger partial charge in [-0.2, -0.15) is 0 Å². The number of carbonyl (C=O) groups excluding carboxylic acids is 4. The number of aliphatic hydroxyl groups is 1. The minimum atomic E-state index is -1.42. The average molecular weight is 570 g/mol. The summed E-state index contributed by atoms with van der Waals surface area (Å²) in [6.07, 6.45) is 1.79. The highest BCUT2D eigenvalue weighted by Crippen LogP contribution is 2.17. The van der Waals surface area contributed by atoms with Crippen LogP contribution in [0.4, 0.5) is 0 Å². The Kier molecular flexibility index (Phi) is 12.4. The molecule has 2 bridgehead atoms. The van der Waals surface area contributed by atoms with E-state index in [4.69, 9.17) is 4.74 Å². The summed E-state index contributed by atoms with van der Waals surface area (Å²) in [4.78, 5) is 56.4. The maximum atomic E-state index is 13.1. The van der Waals surface area contributed by atoms with Gasteiger partial charge < -0.3 is 30.7 Å². The van der Waals surface area contributed by atoms with Gasteiger partial charge in [-0.3, -0.25) is 19.2 Å². The standard InChI is InChI=1S/C25H39N5O6S2/c1-15(2)21-23(34)36-16(9-7-8-10-37-20(32)13-30(5)6)11-18(31)26-12-19-27-17(14-38-19)22(33)29-25(3,4)24(35)28-21/h7,9,14-16,21,23,34H,8,10-13H2,1-6H3,(H,26,31)(H,28,35)(H,29,33)/b9-7+/t16-,21+,23?/m1/s1. The zero-order valence-electron chi connectivity index (χ0n) is 22.8. The molecule has 1 aliphatic rings. The highest BCUT2D eigenvalue weighted by Gasteiger charge is 2.35. The summed E-state index contributed by atoms with van der Waals surface area (Å²) >= 11 is 2.45. The van der Waals surface area contributed by atoms with Gasteiger partial charge in [0.1, 0.15) is 16.2 Å². The Morgan fingerprint density at radius 2 is 2.05 bits per heavy atom. The van der Waals surface area contributed by atoms with Gasteiger partial charge in [0.2, 0.25) is 16.9 Å². The van der Waals surface area contributed by atoms with Crippen molar-refractivity contribution in [2.24, 2.45) is 5.92 Å². The third kappa shape index (κ3) is 10.4. The van der Waals surface area contributed by atoms with E-state index in [-0.39, 0.29) is 35.6 Å². The maximum absolute atomic E-state index is 13.1. The number of amides is 3. The summed E-state index contributed by atoms with van der Waals surface area (Å²) in [7, 11) is 3.67. The fraction of sp³-hybridized carbons (Fsp3) is 0.640. The molecule has 11 nitrogen and oxygen atoms in total. The molecule has 2 heterocycles. The molecule has 212 valence electrons. The second kappa shape index (κ2) is 14.7. The van der Waals surface area contributed by atoms with Gasteiger partial charge in [0, 0.05) is 11.1 Å². The minimum Gasteiger partial charge on any atom is -0.366 e. The molecule has 1 aromatic rings. The Hall–Kier alpha value is -2.32. The lowest BCUT2D eigenvalue weighted by molar-refractivity contribution is -0.159. The fourth-order valence-corrected chi connectivity index (χ4v) is 4.99. The number of rotatable bonds is 7. The van der Waals surface area contributed by atoms with Gasteiger partial charge >= 0.3 is 0 Å². The van der Waals surface area contributed by atoms with E-state index in [0.717, 1.165) is 0 Å². The lowest BCUT2D eigenvalue weighted by Crippen LogP contribution is -2.60. The van der Waals surface area contributed by atoms with E-state index < -0.39 is 35.8 Å². The van der Waals surface area contributed by atoms with Gasteiger partial charge in [-0.15, -0.1) is 11.3 Å².